The van der Waals surface area contributed by atoms with E-state index in [0.717, 1.165) is 15.7 Å². The molecule has 78 valence electrons. The van der Waals surface area contributed by atoms with Gasteiger partial charge in [0.15, 0.2) is 0 Å². The van der Waals surface area contributed by atoms with Gasteiger partial charge in [-0.3, -0.25) is 4.98 Å². The van der Waals surface area contributed by atoms with Crippen LogP contribution in [0.1, 0.15) is 16.8 Å². The first-order chi connectivity index (χ1) is 7.13. The predicted molar refractivity (Wildman–Crippen MR) is 66.8 cm³/mol. The summed E-state index contributed by atoms with van der Waals surface area (Å²) < 4.78 is 1.16. The Kier molecular flexibility index (Phi) is 2.76. The van der Waals surface area contributed by atoms with Gasteiger partial charge in [-0.2, -0.15) is 0 Å². The van der Waals surface area contributed by atoms with Crippen molar-refractivity contribution in [2.75, 3.05) is 0 Å². The van der Waals surface area contributed by atoms with Crippen LogP contribution in [-0.4, -0.2) is 4.98 Å². The van der Waals surface area contributed by atoms with Crippen molar-refractivity contribution in [1.82, 2.24) is 4.98 Å². The number of fused-ring (bicyclic) bond motifs is 1. The van der Waals surface area contributed by atoms with E-state index in [1.807, 2.05) is 6.07 Å². The van der Waals surface area contributed by atoms with Crippen molar-refractivity contribution in [3.63, 3.8) is 0 Å². The summed E-state index contributed by atoms with van der Waals surface area (Å²) in [7, 11) is 0. The number of hydrogen-bond acceptors (Lipinski definition) is 2. The molecular weight excluding hydrogens is 252 g/mol. The van der Waals surface area contributed by atoms with Crippen LogP contribution in [0.2, 0.25) is 0 Å². The van der Waals surface area contributed by atoms with Gasteiger partial charge in [-0.1, -0.05) is 22.0 Å². The van der Waals surface area contributed by atoms with Gasteiger partial charge < -0.3 is 5.73 Å². The standard InChI is InChI=1S/C12H13BrN2/c1-7-5-11-10(8(2)12(7)13)4-3-9(6-14)15-11/h3-5H,6,14H2,1-2H3. The number of pyridine rings is 1. The average molecular weight is 265 g/mol. The molecule has 2 nitrogen and oxygen atoms in total. The number of hydrogen-bond donors (Lipinski definition) is 1. The Balaban J connectivity index is 2.80. The summed E-state index contributed by atoms with van der Waals surface area (Å²) in [6.07, 6.45) is 0. The molecule has 0 radical (unpaired) electrons. The largest absolute Gasteiger partial charge is 0.325 e. The van der Waals surface area contributed by atoms with Crippen LogP contribution in [0.25, 0.3) is 10.9 Å². The molecule has 3 heteroatoms. The molecule has 1 aromatic carbocycles. The SMILES string of the molecule is Cc1cc2nc(CN)ccc2c(C)c1Br. The first-order valence-corrected chi connectivity index (χ1v) is 5.68. The maximum Gasteiger partial charge on any atom is 0.0711 e. The molecule has 0 saturated carbocycles. The van der Waals surface area contributed by atoms with Crippen molar-refractivity contribution < 1.29 is 0 Å². The van der Waals surface area contributed by atoms with Gasteiger partial charge in [0.1, 0.15) is 0 Å². The molecule has 1 heterocycles. The molecule has 2 rings (SSSR count). The lowest BCUT2D eigenvalue weighted by atomic mass is 10.1. The van der Waals surface area contributed by atoms with Gasteiger partial charge in [0.2, 0.25) is 0 Å². The van der Waals surface area contributed by atoms with Gasteiger partial charge >= 0.3 is 0 Å². The fourth-order valence-electron chi connectivity index (χ4n) is 1.74. The Hall–Kier alpha value is -0.930. The Bertz CT molecular complexity index is 521. The number of aromatic nitrogens is 1. The quantitative estimate of drug-likeness (QED) is 0.860. The molecule has 1 aromatic heterocycles. The second-order valence-electron chi connectivity index (χ2n) is 3.71. The van der Waals surface area contributed by atoms with Gasteiger partial charge in [0, 0.05) is 16.4 Å². The van der Waals surface area contributed by atoms with Gasteiger partial charge in [-0.05, 0) is 37.1 Å². The highest BCUT2D eigenvalue weighted by Crippen LogP contribution is 2.28. The van der Waals surface area contributed by atoms with Crippen molar-refractivity contribution in [3.05, 3.63) is 39.5 Å². The van der Waals surface area contributed by atoms with Crippen LogP contribution >= 0.6 is 15.9 Å². The summed E-state index contributed by atoms with van der Waals surface area (Å²) in [5.74, 6) is 0. The van der Waals surface area contributed by atoms with Crippen LogP contribution in [0.15, 0.2) is 22.7 Å². The van der Waals surface area contributed by atoms with Crippen molar-refractivity contribution in [3.8, 4) is 0 Å². The zero-order valence-corrected chi connectivity index (χ0v) is 10.4. The van der Waals surface area contributed by atoms with E-state index in [9.17, 15) is 0 Å². The first kappa shape index (κ1) is 10.6. The van der Waals surface area contributed by atoms with E-state index in [1.165, 1.54) is 16.5 Å². The van der Waals surface area contributed by atoms with Crippen LogP contribution < -0.4 is 5.73 Å². The fraction of sp³-hybridized carbons (Fsp3) is 0.250. The number of halogens is 1. The summed E-state index contributed by atoms with van der Waals surface area (Å²) >= 11 is 3.58. The summed E-state index contributed by atoms with van der Waals surface area (Å²) in [4.78, 5) is 4.51. The fourth-order valence-corrected chi connectivity index (χ4v) is 2.07. The predicted octanol–water partition coefficient (Wildman–Crippen LogP) is 3.07. The van der Waals surface area contributed by atoms with Crippen molar-refractivity contribution in [1.29, 1.82) is 0 Å². The van der Waals surface area contributed by atoms with E-state index in [4.69, 9.17) is 5.73 Å². The Morgan fingerprint density at radius 3 is 2.73 bits per heavy atom. The average Bonchev–Trinajstić information content (AvgIpc) is 2.25. The maximum atomic E-state index is 5.58. The number of benzene rings is 1. The normalized spacial score (nSPS) is 10.9. The van der Waals surface area contributed by atoms with E-state index in [1.54, 1.807) is 0 Å². The minimum atomic E-state index is 0.490. The minimum absolute atomic E-state index is 0.490. The molecule has 2 N–H and O–H groups in total. The molecule has 0 aliphatic rings. The summed E-state index contributed by atoms with van der Waals surface area (Å²) in [6.45, 7) is 4.67. The van der Waals surface area contributed by atoms with Crippen molar-refractivity contribution in [2.24, 2.45) is 5.73 Å². The summed E-state index contributed by atoms with van der Waals surface area (Å²) in [5.41, 5.74) is 9.98. The third kappa shape index (κ3) is 1.77. The number of nitrogens with zero attached hydrogens (tertiary/aromatic N) is 1. The monoisotopic (exact) mass is 264 g/mol. The smallest absolute Gasteiger partial charge is 0.0711 e. The zero-order valence-electron chi connectivity index (χ0n) is 8.84. The van der Waals surface area contributed by atoms with E-state index in [0.29, 0.717) is 6.54 Å². The number of rotatable bonds is 1. The van der Waals surface area contributed by atoms with E-state index in [-0.39, 0.29) is 0 Å². The van der Waals surface area contributed by atoms with Gasteiger partial charge in [-0.15, -0.1) is 0 Å². The highest BCUT2D eigenvalue weighted by atomic mass is 79.9. The molecule has 0 amide bonds. The molecule has 15 heavy (non-hydrogen) atoms. The van der Waals surface area contributed by atoms with Crippen LogP contribution in [0, 0.1) is 13.8 Å². The molecular formula is C12H13BrN2. The van der Waals surface area contributed by atoms with E-state index in [2.05, 4.69) is 46.9 Å². The zero-order chi connectivity index (χ0) is 11.0. The molecule has 0 aliphatic heterocycles. The molecule has 0 atom stereocenters. The summed E-state index contributed by atoms with van der Waals surface area (Å²) in [5, 5.41) is 1.18. The number of aryl methyl sites for hydroxylation is 2. The van der Waals surface area contributed by atoms with E-state index < -0.39 is 0 Å². The molecule has 0 aliphatic carbocycles. The van der Waals surface area contributed by atoms with Gasteiger partial charge in [-0.25, -0.2) is 0 Å². The van der Waals surface area contributed by atoms with Gasteiger partial charge in [0.25, 0.3) is 0 Å². The Morgan fingerprint density at radius 1 is 1.33 bits per heavy atom. The molecule has 0 fully saturated rings. The lowest BCUT2D eigenvalue weighted by Crippen LogP contribution is -2.00. The van der Waals surface area contributed by atoms with Crippen LogP contribution in [0.4, 0.5) is 0 Å². The second-order valence-corrected chi connectivity index (χ2v) is 4.50. The van der Waals surface area contributed by atoms with E-state index >= 15 is 0 Å². The maximum absolute atomic E-state index is 5.58. The van der Waals surface area contributed by atoms with Crippen molar-refractivity contribution in [2.45, 2.75) is 20.4 Å². The Morgan fingerprint density at radius 2 is 2.07 bits per heavy atom. The third-order valence-corrected chi connectivity index (χ3v) is 3.84. The minimum Gasteiger partial charge on any atom is -0.325 e. The highest BCUT2D eigenvalue weighted by molar-refractivity contribution is 9.10. The lowest BCUT2D eigenvalue weighted by molar-refractivity contribution is 1.01. The molecule has 0 bridgehead atoms. The summed E-state index contributed by atoms with van der Waals surface area (Å²) in [6, 6.07) is 6.16. The highest BCUT2D eigenvalue weighted by Gasteiger charge is 2.06. The number of nitrogens with two attached hydrogens (primary N) is 1. The molecule has 0 saturated heterocycles. The third-order valence-electron chi connectivity index (χ3n) is 2.62. The lowest BCUT2D eigenvalue weighted by Gasteiger charge is -2.08. The van der Waals surface area contributed by atoms with Crippen LogP contribution in [0.5, 0.6) is 0 Å². The molecule has 0 spiro atoms. The van der Waals surface area contributed by atoms with Gasteiger partial charge in [0.05, 0.1) is 11.2 Å². The molecule has 0 unspecified atom stereocenters. The Labute approximate surface area is 97.6 Å². The van der Waals surface area contributed by atoms with Crippen LogP contribution in [-0.2, 0) is 6.54 Å². The molecule has 2 aromatic rings. The van der Waals surface area contributed by atoms with Crippen LogP contribution in [0.3, 0.4) is 0 Å². The second kappa shape index (κ2) is 3.91. The topological polar surface area (TPSA) is 38.9 Å². The van der Waals surface area contributed by atoms with Crippen molar-refractivity contribution >= 4 is 26.8 Å². The first-order valence-electron chi connectivity index (χ1n) is 4.89.